The highest BCUT2D eigenvalue weighted by molar-refractivity contribution is 5.60. The molecule has 0 saturated carbocycles. The molecule has 0 aromatic heterocycles. The van der Waals surface area contributed by atoms with Crippen molar-refractivity contribution in [1.82, 2.24) is 0 Å². The second-order valence-corrected chi connectivity index (χ2v) is 3.60. The number of nitrogens with zero attached hydrogens (tertiary/aromatic N) is 1. The second-order valence-electron chi connectivity index (χ2n) is 3.60. The summed E-state index contributed by atoms with van der Waals surface area (Å²) in [5, 5.41) is 8.89. The van der Waals surface area contributed by atoms with Gasteiger partial charge < -0.3 is 9.90 Å². The summed E-state index contributed by atoms with van der Waals surface area (Å²) >= 11 is 0. The number of quaternary nitrogens is 1. The summed E-state index contributed by atoms with van der Waals surface area (Å²) < 4.78 is 0.994. The summed E-state index contributed by atoms with van der Waals surface area (Å²) in [6.07, 6.45) is 11.3. The summed E-state index contributed by atoms with van der Waals surface area (Å²) in [4.78, 5) is 8.89. The van der Waals surface area contributed by atoms with Crippen molar-refractivity contribution >= 4 is 5.97 Å². The van der Waals surface area contributed by atoms with Gasteiger partial charge in [-0.1, -0.05) is 13.3 Å². The molecule has 0 saturated heterocycles. The molecule has 0 aliphatic carbocycles. The molecule has 1 rings (SSSR count). The maximum atomic E-state index is 8.89. The minimum atomic E-state index is -1.08. The minimum absolute atomic E-state index is 0.972. The van der Waals surface area contributed by atoms with E-state index in [9.17, 15) is 0 Å². The van der Waals surface area contributed by atoms with Crippen molar-refractivity contribution in [3.05, 3.63) is 24.6 Å². The SMILES string of the molecule is CC(=O)[O-].CCCC[N+]1(C)C=CC=C1. The first-order valence-electron chi connectivity index (χ1n) is 4.90. The normalized spacial score (nSPS) is 16.2. The van der Waals surface area contributed by atoms with Crippen LogP contribution in [0.2, 0.25) is 0 Å². The molecular weight excluding hydrogens is 178 g/mol. The van der Waals surface area contributed by atoms with Gasteiger partial charge in [0, 0.05) is 5.97 Å². The van der Waals surface area contributed by atoms with Crippen molar-refractivity contribution < 1.29 is 14.4 Å². The number of allylic oxidation sites excluding steroid dienone is 2. The zero-order valence-corrected chi connectivity index (χ0v) is 9.19. The number of hydrogen-bond donors (Lipinski definition) is 0. The Kier molecular flexibility index (Phi) is 5.88. The lowest BCUT2D eigenvalue weighted by atomic mass is 10.3. The fraction of sp³-hybridized carbons (Fsp3) is 0.545. The van der Waals surface area contributed by atoms with Crippen molar-refractivity contribution in [2.24, 2.45) is 0 Å². The number of unbranched alkanes of at least 4 members (excludes halogenated alkanes) is 1. The summed E-state index contributed by atoms with van der Waals surface area (Å²) in [6, 6.07) is 0. The van der Waals surface area contributed by atoms with Crippen molar-refractivity contribution in [1.29, 1.82) is 0 Å². The van der Waals surface area contributed by atoms with E-state index in [4.69, 9.17) is 9.90 Å². The van der Waals surface area contributed by atoms with Gasteiger partial charge in [0.05, 0.1) is 13.6 Å². The van der Waals surface area contributed by atoms with E-state index in [2.05, 4.69) is 38.5 Å². The number of carboxylic acid groups (broad SMARTS) is 1. The molecule has 0 spiro atoms. The zero-order valence-electron chi connectivity index (χ0n) is 9.19. The Hall–Kier alpha value is -1.09. The number of aliphatic carboxylic acids is 1. The Morgan fingerprint density at radius 3 is 2.14 bits per heavy atom. The molecule has 0 amide bonds. The minimum Gasteiger partial charge on any atom is -0.550 e. The smallest absolute Gasteiger partial charge is 0.100 e. The van der Waals surface area contributed by atoms with Gasteiger partial charge in [-0.05, 0) is 25.5 Å². The van der Waals surface area contributed by atoms with Crippen LogP contribution in [-0.2, 0) is 4.79 Å². The average molecular weight is 197 g/mol. The maximum Gasteiger partial charge on any atom is 0.100 e. The van der Waals surface area contributed by atoms with Gasteiger partial charge in [0.2, 0.25) is 0 Å². The van der Waals surface area contributed by atoms with Crippen LogP contribution in [0.1, 0.15) is 26.7 Å². The third-order valence-electron chi connectivity index (χ3n) is 1.96. The van der Waals surface area contributed by atoms with Crippen LogP contribution in [0.4, 0.5) is 0 Å². The fourth-order valence-corrected chi connectivity index (χ4v) is 1.19. The molecule has 80 valence electrons. The van der Waals surface area contributed by atoms with Gasteiger partial charge in [-0.2, -0.15) is 0 Å². The Bertz CT molecular complexity index is 215. The number of hydrogen-bond acceptors (Lipinski definition) is 2. The molecule has 0 fully saturated rings. The monoisotopic (exact) mass is 197 g/mol. The van der Waals surface area contributed by atoms with Crippen LogP contribution in [-0.4, -0.2) is 24.0 Å². The lowest BCUT2D eigenvalue weighted by Gasteiger charge is -2.22. The molecule has 0 unspecified atom stereocenters. The molecule has 0 N–H and O–H groups in total. The van der Waals surface area contributed by atoms with E-state index in [1.165, 1.54) is 19.4 Å². The fourth-order valence-electron chi connectivity index (χ4n) is 1.19. The van der Waals surface area contributed by atoms with Crippen LogP contribution in [0, 0.1) is 0 Å². The molecule has 0 radical (unpaired) electrons. The summed E-state index contributed by atoms with van der Waals surface area (Å²) in [5.74, 6) is -1.08. The van der Waals surface area contributed by atoms with Gasteiger partial charge in [-0.15, -0.1) is 0 Å². The molecule has 0 aromatic rings. The Morgan fingerprint density at radius 2 is 1.79 bits per heavy atom. The van der Waals surface area contributed by atoms with Crippen molar-refractivity contribution in [3.63, 3.8) is 0 Å². The number of carbonyl (C=O) groups is 1. The van der Waals surface area contributed by atoms with Crippen LogP contribution in [0.3, 0.4) is 0 Å². The Labute approximate surface area is 85.9 Å². The largest absolute Gasteiger partial charge is 0.550 e. The number of carbonyl (C=O) groups excluding carboxylic acids is 1. The van der Waals surface area contributed by atoms with E-state index >= 15 is 0 Å². The lowest BCUT2D eigenvalue weighted by Crippen LogP contribution is -2.30. The number of carboxylic acids is 1. The molecular formula is C11H19NO2. The third kappa shape index (κ3) is 6.43. The second kappa shape index (κ2) is 6.38. The standard InChI is InChI=1S/C9H16N.C2H4O2/c1-3-4-7-10(2)8-5-6-9-10;1-2(3)4/h5-6,8-9H,3-4,7H2,1-2H3;1H3,(H,3,4)/q+1;/p-1. The van der Waals surface area contributed by atoms with Gasteiger partial charge in [0.15, 0.2) is 0 Å². The van der Waals surface area contributed by atoms with Crippen LogP contribution in [0.15, 0.2) is 24.6 Å². The summed E-state index contributed by atoms with van der Waals surface area (Å²) in [7, 11) is 2.23. The molecule has 0 atom stereocenters. The molecule has 0 bridgehead atoms. The van der Waals surface area contributed by atoms with Crippen LogP contribution in [0.5, 0.6) is 0 Å². The van der Waals surface area contributed by atoms with Gasteiger partial charge >= 0.3 is 0 Å². The molecule has 3 nitrogen and oxygen atoms in total. The van der Waals surface area contributed by atoms with Gasteiger partial charge in [-0.25, -0.2) is 0 Å². The Balaban J connectivity index is 0.000000364. The van der Waals surface area contributed by atoms with E-state index in [-0.39, 0.29) is 0 Å². The molecule has 3 heteroatoms. The number of rotatable bonds is 3. The van der Waals surface area contributed by atoms with E-state index < -0.39 is 5.97 Å². The first kappa shape index (κ1) is 12.9. The molecule has 1 aliphatic heterocycles. The quantitative estimate of drug-likeness (QED) is 0.634. The maximum absolute atomic E-state index is 8.89. The topological polar surface area (TPSA) is 40.1 Å². The van der Waals surface area contributed by atoms with E-state index in [0.29, 0.717) is 0 Å². The lowest BCUT2D eigenvalue weighted by molar-refractivity contribution is -0.804. The van der Waals surface area contributed by atoms with Crippen LogP contribution in [0.25, 0.3) is 0 Å². The molecule has 14 heavy (non-hydrogen) atoms. The molecule has 1 heterocycles. The van der Waals surface area contributed by atoms with Crippen molar-refractivity contribution in [2.45, 2.75) is 26.7 Å². The molecule has 0 aromatic carbocycles. The first-order chi connectivity index (χ1) is 6.50. The molecule has 1 aliphatic rings. The predicted molar refractivity (Wildman–Crippen MR) is 54.9 cm³/mol. The highest BCUT2D eigenvalue weighted by Gasteiger charge is 2.15. The highest BCUT2D eigenvalue weighted by Crippen LogP contribution is 2.12. The van der Waals surface area contributed by atoms with Crippen molar-refractivity contribution in [2.75, 3.05) is 13.6 Å². The van der Waals surface area contributed by atoms with Crippen molar-refractivity contribution in [3.8, 4) is 0 Å². The van der Waals surface area contributed by atoms with Gasteiger partial charge in [0.1, 0.15) is 12.4 Å². The van der Waals surface area contributed by atoms with Gasteiger partial charge in [-0.3, -0.25) is 4.48 Å². The summed E-state index contributed by atoms with van der Waals surface area (Å²) in [5.41, 5.74) is 0. The predicted octanol–water partition coefficient (Wildman–Crippen LogP) is 1.03. The summed E-state index contributed by atoms with van der Waals surface area (Å²) in [6.45, 7) is 4.44. The van der Waals surface area contributed by atoms with Crippen LogP contribution < -0.4 is 5.11 Å². The van der Waals surface area contributed by atoms with Gasteiger partial charge in [0.25, 0.3) is 0 Å². The average Bonchev–Trinajstić information content (AvgIpc) is 2.48. The van der Waals surface area contributed by atoms with E-state index in [1.807, 2.05) is 0 Å². The van der Waals surface area contributed by atoms with E-state index in [0.717, 1.165) is 11.4 Å². The third-order valence-corrected chi connectivity index (χ3v) is 1.96. The zero-order chi connectivity index (χ0) is 11.0. The Morgan fingerprint density at radius 1 is 1.36 bits per heavy atom. The highest BCUT2D eigenvalue weighted by atomic mass is 16.4. The van der Waals surface area contributed by atoms with Crippen LogP contribution >= 0.6 is 0 Å². The first-order valence-corrected chi connectivity index (χ1v) is 4.90. The van der Waals surface area contributed by atoms with E-state index in [1.54, 1.807) is 0 Å².